The first kappa shape index (κ1) is 14.1. The number of carbonyl (C=O) groups excluding carboxylic acids is 1. The van der Waals surface area contributed by atoms with Crippen LogP contribution >= 0.6 is 15.9 Å². The molecule has 0 fully saturated rings. The van der Waals surface area contributed by atoms with Crippen molar-refractivity contribution < 1.29 is 9.90 Å². The van der Waals surface area contributed by atoms with E-state index in [1.807, 2.05) is 37.3 Å². The highest BCUT2D eigenvalue weighted by atomic mass is 79.9. The summed E-state index contributed by atoms with van der Waals surface area (Å²) in [4.78, 5) is 14.6. The predicted octanol–water partition coefficient (Wildman–Crippen LogP) is 4.06. The number of hydrogen-bond acceptors (Lipinski definition) is 2. The average molecular weight is 346 g/mol. The number of aryl methyl sites for hydroxylation is 2. The van der Waals surface area contributed by atoms with Crippen molar-refractivity contribution in [3.8, 4) is 5.75 Å². The fourth-order valence-corrected chi connectivity index (χ4v) is 3.16. The number of carbonyl (C=O) groups is 1. The quantitative estimate of drug-likeness (QED) is 0.846. The largest absolute Gasteiger partial charge is 0.506 e. The third-order valence-corrected chi connectivity index (χ3v) is 4.36. The van der Waals surface area contributed by atoms with E-state index in [2.05, 4.69) is 15.9 Å². The molecule has 0 atom stereocenters. The number of phenols is 1. The van der Waals surface area contributed by atoms with Crippen molar-refractivity contribution in [2.24, 2.45) is 0 Å². The van der Waals surface area contributed by atoms with Crippen molar-refractivity contribution in [3.05, 3.63) is 57.6 Å². The summed E-state index contributed by atoms with van der Waals surface area (Å²) in [7, 11) is 0. The Balaban J connectivity index is 2.06. The molecular weight excluding hydrogens is 330 g/mol. The molecule has 2 aromatic carbocycles. The molecule has 108 valence electrons. The van der Waals surface area contributed by atoms with Crippen LogP contribution in [0.2, 0.25) is 0 Å². The van der Waals surface area contributed by atoms with Crippen LogP contribution in [0.4, 0.5) is 5.69 Å². The number of anilines is 1. The molecule has 0 saturated heterocycles. The van der Waals surface area contributed by atoms with Crippen molar-refractivity contribution in [2.75, 3.05) is 11.4 Å². The van der Waals surface area contributed by atoms with Crippen molar-refractivity contribution in [1.29, 1.82) is 0 Å². The van der Waals surface area contributed by atoms with Gasteiger partial charge in [-0.3, -0.25) is 4.79 Å². The average Bonchev–Trinajstić information content (AvgIpc) is 2.49. The number of fused-ring (bicyclic) bond motifs is 1. The van der Waals surface area contributed by atoms with Crippen molar-refractivity contribution in [1.82, 2.24) is 0 Å². The minimum Gasteiger partial charge on any atom is -0.506 e. The third-order valence-electron chi connectivity index (χ3n) is 3.87. The lowest BCUT2D eigenvalue weighted by atomic mass is 9.99. The number of halogens is 1. The van der Waals surface area contributed by atoms with Crippen LogP contribution < -0.4 is 4.90 Å². The Kier molecular flexibility index (Phi) is 3.72. The number of benzene rings is 2. The SMILES string of the molecule is Cc1ccc(Br)cc1C(=O)N1CCCc2cccc(O)c21. The lowest BCUT2D eigenvalue weighted by Gasteiger charge is -2.30. The van der Waals surface area contributed by atoms with E-state index in [-0.39, 0.29) is 11.7 Å². The standard InChI is InChI=1S/C17H16BrNO2/c1-11-7-8-13(18)10-14(11)17(21)19-9-3-5-12-4-2-6-15(20)16(12)19/h2,4,6-8,10,20H,3,5,9H2,1H3. The second-order valence-corrected chi connectivity index (χ2v) is 6.22. The molecule has 0 aliphatic carbocycles. The molecule has 3 rings (SSSR count). The molecule has 0 aromatic heterocycles. The Bertz CT molecular complexity index is 712. The van der Waals surface area contributed by atoms with Crippen molar-refractivity contribution in [3.63, 3.8) is 0 Å². The van der Waals surface area contributed by atoms with E-state index >= 15 is 0 Å². The van der Waals surface area contributed by atoms with E-state index in [4.69, 9.17) is 0 Å². The third kappa shape index (κ3) is 2.56. The molecule has 0 saturated carbocycles. The Labute approximate surface area is 132 Å². The van der Waals surface area contributed by atoms with Gasteiger partial charge in [0.2, 0.25) is 0 Å². The van der Waals surface area contributed by atoms with Gasteiger partial charge in [0.1, 0.15) is 5.75 Å². The monoisotopic (exact) mass is 345 g/mol. The van der Waals surface area contributed by atoms with Crippen LogP contribution in [0.5, 0.6) is 5.75 Å². The van der Waals surface area contributed by atoms with Crippen LogP contribution in [0.1, 0.15) is 27.9 Å². The van der Waals surface area contributed by atoms with Gasteiger partial charge in [0.05, 0.1) is 5.69 Å². The van der Waals surface area contributed by atoms with E-state index in [1.54, 1.807) is 11.0 Å². The van der Waals surface area contributed by atoms with E-state index in [0.717, 1.165) is 28.4 Å². The van der Waals surface area contributed by atoms with Gasteiger partial charge in [0.25, 0.3) is 5.91 Å². The highest BCUT2D eigenvalue weighted by molar-refractivity contribution is 9.10. The maximum atomic E-state index is 12.9. The first-order valence-electron chi connectivity index (χ1n) is 6.97. The summed E-state index contributed by atoms with van der Waals surface area (Å²) in [5, 5.41) is 10.1. The molecule has 21 heavy (non-hydrogen) atoms. The number of rotatable bonds is 1. The summed E-state index contributed by atoms with van der Waals surface area (Å²) in [6.07, 6.45) is 1.81. The Morgan fingerprint density at radius 2 is 2.10 bits per heavy atom. The van der Waals surface area contributed by atoms with Gasteiger partial charge in [-0.05, 0) is 49.1 Å². The minimum atomic E-state index is -0.0590. The topological polar surface area (TPSA) is 40.5 Å². The zero-order chi connectivity index (χ0) is 15.0. The van der Waals surface area contributed by atoms with Gasteiger partial charge in [-0.1, -0.05) is 34.1 Å². The summed E-state index contributed by atoms with van der Waals surface area (Å²) in [5.74, 6) is 0.115. The molecule has 0 radical (unpaired) electrons. The maximum Gasteiger partial charge on any atom is 0.258 e. The zero-order valence-corrected chi connectivity index (χ0v) is 13.4. The molecule has 1 aliphatic heterocycles. The number of nitrogens with zero attached hydrogens (tertiary/aromatic N) is 1. The maximum absolute atomic E-state index is 12.9. The smallest absolute Gasteiger partial charge is 0.258 e. The van der Waals surface area contributed by atoms with Crippen LogP contribution in [0, 0.1) is 6.92 Å². The molecular formula is C17H16BrNO2. The molecule has 0 spiro atoms. The molecule has 1 aliphatic rings. The predicted molar refractivity (Wildman–Crippen MR) is 87.0 cm³/mol. The summed E-state index contributed by atoms with van der Waals surface area (Å²) in [6, 6.07) is 11.1. The first-order chi connectivity index (χ1) is 10.1. The Morgan fingerprint density at radius 3 is 2.90 bits per heavy atom. The first-order valence-corrected chi connectivity index (χ1v) is 7.76. The van der Waals surface area contributed by atoms with Gasteiger partial charge in [-0.25, -0.2) is 0 Å². The molecule has 1 amide bonds. The summed E-state index contributed by atoms with van der Waals surface area (Å²) in [5.41, 5.74) is 3.29. The molecule has 1 heterocycles. The number of phenolic OH excluding ortho intramolecular Hbond substituents is 1. The molecule has 3 nitrogen and oxygen atoms in total. The lowest BCUT2D eigenvalue weighted by Crippen LogP contribution is -2.35. The number of hydrogen-bond donors (Lipinski definition) is 1. The van der Waals surface area contributed by atoms with Gasteiger partial charge in [0.15, 0.2) is 0 Å². The lowest BCUT2D eigenvalue weighted by molar-refractivity contribution is 0.0983. The molecule has 2 aromatic rings. The van der Waals surface area contributed by atoms with E-state index < -0.39 is 0 Å². The summed E-state index contributed by atoms with van der Waals surface area (Å²) in [6.45, 7) is 2.56. The van der Waals surface area contributed by atoms with Crippen LogP contribution in [-0.4, -0.2) is 17.6 Å². The molecule has 1 N–H and O–H groups in total. The molecule has 4 heteroatoms. The zero-order valence-electron chi connectivity index (χ0n) is 11.8. The van der Waals surface area contributed by atoms with Gasteiger partial charge in [0, 0.05) is 16.6 Å². The second-order valence-electron chi connectivity index (χ2n) is 5.30. The summed E-state index contributed by atoms with van der Waals surface area (Å²) >= 11 is 3.41. The molecule has 0 bridgehead atoms. The van der Waals surface area contributed by atoms with E-state index in [0.29, 0.717) is 17.8 Å². The fraction of sp³-hybridized carbons (Fsp3) is 0.235. The summed E-state index contributed by atoms with van der Waals surface area (Å²) < 4.78 is 0.881. The Hall–Kier alpha value is -1.81. The minimum absolute atomic E-state index is 0.0590. The number of aromatic hydroxyl groups is 1. The van der Waals surface area contributed by atoms with Crippen LogP contribution in [0.25, 0.3) is 0 Å². The Morgan fingerprint density at radius 1 is 1.29 bits per heavy atom. The van der Waals surface area contributed by atoms with Gasteiger partial charge in [-0.2, -0.15) is 0 Å². The highest BCUT2D eigenvalue weighted by Gasteiger charge is 2.27. The van der Waals surface area contributed by atoms with Crippen LogP contribution in [0.15, 0.2) is 40.9 Å². The second kappa shape index (κ2) is 5.53. The van der Waals surface area contributed by atoms with E-state index in [1.165, 1.54) is 0 Å². The number of amides is 1. The van der Waals surface area contributed by atoms with Gasteiger partial charge < -0.3 is 10.0 Å². The van der Waals surface area contributed by atoms with Gasteiger partial charge in [-0.15, -0.1) is 0 Å². The van der Waals surface area contributed by atoms with Crippen LogP contribution in [0.3, 0.4) is 0 Å². The molecule has 0 unspecified atom stereocenters. The van der Waals surface area contributed by atoms with Crippen LogP contribution in [-0.2, 0) is 6.42 Å². The van der Waals surface area contributed by atoms with E-state index in [9.17, 15) is 9.90 Å². The van der Waals surface area contributed by atoms with Gasteiger partial charge >= 0.3 is 0 Å². The van der Waals surface area contributed by atoms with Crippen molar-refractivity contribution >= 4 is 27.5 Å². The normalized spacial score (nSPS) is 13.9. The number of para-hydroxylation sites is 1. The fourth-order valence-electron chi connectivity index (χ4n) is 2.80. The highest BCUT2D eigenvalue weighted by Crippen LogP contribution is 2.36. The van der Waals surface area contributed by atoms with Crippen molar-refractivity contribution in [2.45, 2.75) is 19.8 Å².